The van der Waals surface area contributed by atoms with Gasteiger partial charge in [0, 0.05) is 26.0 Å². The number of rotatable bonds is 5. The number of furan rings is 1. The molecule has 2 rings (SSSR count). The third kappa shape index (κ3) is 4.32. The Balaban J connectivity index is 1.92. The monoisotopic (exact) mass is 317 g/mol. The summed E-state index contributed by atoms with van der Waals surface area (Å²) in [5.74, 6) is 0.527. The second-order valence-corrected chi connectivity index (χ2v) is 5.05. The Hall–Kier alpha value is -2.83. The molecule has 1 N–H and O–H groups in total. The molecule has 0 aromatic carbocycles. The number of hydrogen-bond acceptors (Lipinski definition) is 5. The van der Waals surface area contributed by atoms with E-state index < -0.39 is 5.97 Å². The van der Waals surface area contributed by atoms with E-state index in [2.05, 4.69) is 15.0 Å². The van der Waals surface area contributed by atoms with Gasteiger partial charge in [-0.05, 0) is 24.6 Å². The van der Waals surface area contributed by atoms with E-state index in [0.29, 0.717) is 23.6 Å². The Kier molecular flexibility index (Phi) is 5.35. The van der Waals surface area contributed by atoms with Crippen LogP contribution in [0.1, 0.15) is 27.4 Å². The smallest absolute Gasteiger partial charge is 0.341 e. The predicted octanol–water partition coefficient (Wildman–Crippen LogP) is 2.11. The first-order chi connectivity index (χ1) is 11.0. The van der Waals surface area contributed by atoms with Crippen LogP contribution in [0.5, 0.6) is 0 Å². The molecule has 2 aromatic rings. The number of esters is 1. The van der Waals surface area contributed by atoms with Crippen LogP contribution in [0.2, 0.25) is 0 Å². The molecule has 7 heteroatoms. The van der Waals surface area contributed by atoms with Gasteiger partial charge in [-0.15, -0.1) is 0 Å². The van der Waals surface area contributed by atoms with Crippen molar-refractivity contribution in [1.82, 2.24) is 15.2 Å². The topological polar surface area (TPSA) is 84.7 Å². The van der Waals surface area contributed by atoms with Gasteiger partial charge in [-0.25, -0.2) is 9.59 Å². The lowest BCUT2D eigenvalue weighted by atomic mass is 10.2. The minimum atomic E-state index is -0.457. The third-order valence-corrected chi connectivity index (χ3v) is 3.28. The summed E-state index contributed by atoms with van der Waals surface area (Å²) in [6.07, 6.45) is 3.37. The molecule has 122 valence electrons. The quantitative estimate of drug-likeness (QED) is 0.854. The van der Waals surface area contributed by atoms with Crippen LogP contribution in [0.4, 0.5) is 4.79 Å². The van der Waals surface area contributed by atoms with E-state index in [9.17, 15) is 9.59 Å². The molecule has 0 aliphatic heterocycles. The summed E-state index contributed by atoms with van der Waals surface area (Å²) >= 11 is 0. The van der Waals surface area contributed by atoms with Crippen molar-refractivity contribution in [2.45, 2.75) is 20.0 Å². The number of aryl methyl sites for hydroxylation is 1. The number of nitrogens with zero attached hydrogens (tertiary/aromatic N) is 2. The first-order valence-corrected chi connectivity index (χ1v) is 7.06. The number of pyridine rings is 1. The average Bonchev–Trinajstić information content (AvgIpc) is 2.93. The maximum absolute atomic E-state index is 12.1. The molecule has 2 heterocycles. The molecule has 0 radical (unpaired) electrons. The molecule has 0 aliphatic rings. The molecule has 0 bridgehead atoms. The summed E-state index contributed by atoms with van der Waals surface area (Å²) in [6, 6.07) is 5.03. The number of ether oxygens (including phenoxy) is 1. The van der Waals surface area contributed by atoms with Gasteiger partial charge in [-0.2, -0.15) is 0 Å². The highest BCUT2D eigenvalue weighted by Crippen LogP contribution is 2.17. The van der Waals surface area contributed by atoms with Crippen molar-refractivity contribution in [2.24, 2.45) is 0 Å². The highest BCUT2D eigenvalue weighted by Gasteiger charge is 2.17. The van der Waals surface area contributed by atoms with E-state index in [1.807, 2.05) is 12.1 Å². The molecule has 0 spiro atoms. The summed E-state index contributed by atoms with van der Waals surface area (Å²) in [5.41, 5.74) is 1.28. The maximum Gasteiger partial charge on any atom is 0.341 e. The molecular formula is C16H19N3O4. The van der Waals surface area contributed by atoms with Gasteiger partial charge < -0.3 is 19.4 Å². The van der Waals surface area contributed by atoms with Crippen molar-refractivity contribution in [3.8, 4) is 0 Å². The number of carbonyl (C=O) groups is 2. The minimum absolute atomic E-state index is 0.247. The van der Waals surface area contributed by atoms with Crippen LogP contribution in [0.15, 0.2) is 35.0 Å². The van der Waals surface area contributed by atoms with Crippen LogP contribution in [0.3, 0.4) is 0 Å². The number of aromatic nitrogens is 1. The summed E-state index contributed by atoms with van der Waals surface area (Å²) < 4.78 is 10.2. The summed E-state index contributed by atoms with van der Waals surface area (Å²) in [7, 11) is 2.96. The zero-order valence-corrected chi connectivity index (χ0v) is 13.3. The Morgan fingerprint density at radius 1 is 1.43 bits per heavy atom. The van der Waals surface area contributed by atoms with Crippen LogP contribution < -0.4 is 5.32 Å². The van der Waals surface area contributed by atoms with Crippen molar-refractivity contribution in [2.75, 3.05) is 14.2 Å². The van der Waals surface area contributed by atoms with Gasteiger partial charge in [0.15, 0.2) is 0 Å². The Morgan fingerprint density at radius 2 is 2.22 bits per heavy atom. The fourth-order valence-corrected chi connectivity index (χ4v) is 2.06. The standard InChI is InChI=1S/C16H19N3O4/c1-11-14(15(20)22-3)7-13(23-11)10-19(2)16(21)18-9-12-5-4-6-17-8-12/h4-8H,9-10H2,1-3H3,(H,18,21). The number of methoxy groups -OCH3 is 1. The molecular weight excluding hydrogens is 298 g/mol. The second kappa shape index (κ2) is 7.44. The van der Waals surface area contributed by atoms with E-state index in [4.69, 9.17) is 4.42 Å². The van der Waals surface area contributed by atoms with E-state index >= 15 is 0 Å². The molecule has 2 amide bonds. The highest BCUT2D eigenvalue weighted by atomic mass is 16.5. The maximum atomic E-state index is 12.1. The van der Waals surface area contributed by atoms with Gasteiger partial charge in [-0.1, -0.05) is 6.07 Å². The van der Waals surface area contributed by atoms with Crippen LogP contribution in [-0.4, -0.2) is 36.0 Å². The van der Waals surface area contributed by atoms with E-state index in [1.54, 1.807) is 32.4 Å². The summed E-state index contributed by atoms with van der Waals surface area (Å²) in [5, 5.41) is 2.79. The number of carbonyl (C=O) groups excluding carboxylic acids is 2. The number of nitrogens with one attached hydrogen (secondary N) is 1. The molecule has 23 heavy (non-hydrogen) atoms. The molecule has 0 saturated heterocycles. The van der Waals surface area contributed by atoms with E-state index in [0.717, 1.165) is 5.56 Å². The van der Waals surface area contributed by atoms with Crippen molar-refractivity contribution in [3.63, 3.8) is 0 Å². The summed E-state index contributed by atoms with van der Waals surface area (Å²) in [6.45, 7) is 2.32. The molecule has 0 aliphatic carbocycles. The number of urea groups is 1. The average molecular weight is 317 g/mol. The van der Waals surface area contributed by atoms with Gasteiger partial charge in [-0.3, -0.25) is 4.98 Å². The van der Waals surface area contributed by atoms with Gasteiger partial charge in [0.05, 0.1) is 13.7 Å². The largest absolute Gasteiger partial charge is 0.465 e. The molecule has 2 aromatic heterocycles. The Bertz CT molecular complexity index is 682. The van der Waals surface area contributed by atoms with Gasteiger partial charge in [0.25, 0.3) is 0 Å². The molecule has 0 unspecified atom stereocenters. The lowest BCUT2D eigenvalue weighted by Crippen LogP contribution is -2.36. The fraction of sp³-hybridized carbons (Fsp3) is 0.312. The van der Waals surface area contributed by atoms with Gasteiger partial charge in [0.2, 0.25) is 0 Å². The SMILES string of the molecule is COC(=O)c1cc(CN(C)C(=O)NCc2cccnc2)oc1C. The molecule has 0 atom stereocenters. The van der Waals surface area contributed by atoms with E-state index in [1.165, 1.54) is 12.0 Å². The van der Waals surface area contributed by atoms with Crippen LogP contribution in [0, 0.1) is 6.92 Å². The predicted molar refractivity (Wildman–Crippen MR) is 82.7 cm³/mol. The molecule has 7 nitrogen and oxygen atoms in total. The lowest BCUT2D eigenvalue weighted by molar-refractivity contribution is 0.0598. The molecule has 0 saturated carbocycles. The van der Waals surface area contributed by atoms with Gasteiger partial charge in [0.1, 0.15) is 17.1 Å². The van der Waals surface area contributed by atoms with Crippen molar-refractivity contribution >= 4 is 12.0 Å². The van der Waals surface area contributed by atoms with Crippen LogP contribution >= 0.6 is 0 Å². The van der Waals surface area contributed by atoms with Crippen molar-refractivity contribution in [3.05, 3.63) is 53.2 Å². The Morgan fingerprint density at radius 3 is 2.87 bits per heavy atom. The van der Waals surface area contributed by atoms with Crippen LogP contribution in [-0.2, 0) is 17.8 Å². The summed E-state index contributed by atoms with van der Waals surface area (Å²) in [4.78, 5) is 29.1. The zero-order valence-electron chi connectivity index (χ0n) is 13.3. The zero-order chi connectivity index (χ0) is 16.8. The van der Waals surface area contributed by atoms with Gasteiger partial charge >= 0.3 is 12.0 Å². The second-order valence-electron chi connectivity index (χ2n) is 5.05. The first kappa shape index (κ1) is 16.5. The van der Waals surface area contributed by atoms with Crippen molar-refractivity contribution in [1.29, 1.82) is 0 Å². The highest BCUT2D eigenvalue weighted by molar-refractivity contribution is 5.90. The van der Waals surface area contributed by atoms with E-state index in [-0.39, 0.29) is 12.6 Å². The van der Waals surface area contributed by atoms with Crippen LogP contribution in [0.25, 0.3) is 0 Å². The number of hydrogen-bond donors (Lipinski definition) is 1. The normalized spacial score (nSPS) is 10.2. The van der Waals surface area contributed by atoms with Crippen molar-refractivity contribution < 1.29 is 18.7 Å². The third-order valence-electron chi connectivity index (χ3n) is 3.28. The first-order valence-electron chi connectivity index (χ1n) is 7.06. The molecule has 0 fully saturated rings. The minimum Gasteiger partial charge on any atom is -0.465 e. The number of amides is 2. The lowest BCUT2D eigenvalue weighted by Gasteiger charge is -2.16. The Labute approximate surface area is 134 Å². The fourth-order valence-electron chi connectivity index (χ4n) is 2.06.